The van der Waals surface area contributed by atoms with E-state index in [1.807, 2.05) is 0 Å². The molecule has 3 aromatic rings. The lowest BCUT2D eigenvalue weighted by atomic mass is 10.2. The standard InChI is InChI=1S/C15H9F6N5O/c1-8-6-22-13(26-7-23-12(25-26)15(19,20)21)24-11(8)27-10-4-2-3-9(5-10)14(16,17)18/h2-7H,1H3. The Bertz CT molecular complexity index is 966. The Balaban J connectivity index is 1.92. The first kappa shape index (κ1) is 18.6. The van der Waals surface area contributed by atoms with Gasteiger partial charge in [0.15, 0.2) is 0 Å². The molecule has 1 aromatic carbocycles. The molecule has 0 N–H and O–H groups in total. The number of alkyl halides is 6. The number of aryl methyl sites for hydroxylation is 1. The average molecular weight is 389 g/mol. The van der Waals surface area contributed by atoms with E-state index in [0.29, 0.717) is 10.2 Å². The van der Waals surface area contributed by atoms with E-state index in [1.54, 1.807) is 0 Å². The summed E-state index contributed by atoms with van der Waals surface area (Å²) in [5.74, 6) is -1.95. The van der Waals surface area contributed by atoms with Crippen LogP contribution in [0.15, 0.2) is 36.8 Å². The van der Waals surface area contributed by atoms with Crippen LogP contribution in [-0.4, -0.2) is 24.7 Å². The van der Waals surface area contributed by atoms with Gasteiger partial charge in [-0.05, 0) is 25.1 Å². The fourth-order valence-corrected chi connectivity index (χ4v) is 1.97. The van der Waals surface area contributed by atoms with Crippen molar-refractivity contribution >= 4 is 0 Å². The minimum Gasteiger partial charge on any atom is -0.439 e. The van der Waals surface area contributed by atoms with Crippen molar-refractivity contribution in [3.63, 3.8) is 0 Å². The van der Waals surface area contributed by atoms with Gasteiger partial charge in [-0.3, -0.25) is 0 Å². The number of rotatable bonds is 3. The summed E-state index contributed by atoms with van der Waals surface area (Å²) in [6, 6.07) is 4.09. The van der Waals surface area contributed by atoms with E-state index in [4.69, 9.17) is 4.74 Å². The third-order valence-electron chi connectivity index (χ3n) is 3.24. The maximum atomic E-state index is 12.8. The highest BCUT2D eigenvalue weighted by atomic mass is 19.4. The zero-order valence-electron chi connectivity index (χ0n) is 13.4. The van der Waals surface area contributed by atoms with Gasteiger partial charge < -0.3 is 4.74 Å². The Morgan fingerprint density at radius 1 is 1.00 bits per heavy atom. The molecule has 0 aliphatic rings. The smallest absolute Gasteiger partial charge is 0.439 e. The first-order valence-corrected chi connectivity index (χ1v) is 7.22. The van der Waals surface area contributed by atoms with Crippen LogP contribution in [0.2, 0.25) is 0 Å². The predicted octanol–water partition coefficient (Wildman–Crippen LogP) is 4.20. The van der Waals surface area contributed by atoms with Crippen LogP contribution < -0.4 is 4.74 Å². The monoisotopic (exact) mass is 389 g/mol. The molecule has 0 radical (unpaired) electrons. The second-order valence-electron chi connectivity index (χ2n) is 5.30. The van der Waals surface area contributed by atoms with E-state index in [2.05, 4.69) is 20.1 Å². The van der Waals surface area contributed by atoms with E-state index in [9.17, 15) is 26.3 Å². The number of hydrogen-bond acceptors (Lipinski definition) is 5. The summed E-state index contributed by atoms with van der Waals surface area (Å²) in [6.07, 6.45) is -7.30. The quantitative estimate of drug-likeness (QED) is 0.629. The van der Waals surface area contributed by atoms with Crippen LogP contribution in [0.4, 0.5) is 26.3 Å². The van der Waals surface area contributed by atoms with Crippen molar-refractivity contribution in [3.05, 3.63) is 53.7 Å². The Kier molecular flexibility index (Phi) is 4.49. The SMILES string of the molecule is Cc1cnc(-n2cnc(C(F)(F)F)n2)nc1Oc1cccc(C(F)(F)F)c1. The number of aromatic nitrogens is 5. The molecule has 0 bridgehead atoms. The Morgan fingerprint density at radius 3 is 2.37 bits per heavy atom. The maximum absolute atomic E-state index is 12.8. The Hall–Kier alpha value is -3.18. The van der Waals surface area contributed by atoms with Crippen LogP contribution in [0.25, 0.3) is 5.95 Å². The average Bonchev–Trinajstić information content (AvgIpc) is 3.07. The van der Waals surface area contributed by atoms with Crippen molar-refractivity contribution in [2.45, 2.75) is 19.3 Å². The molecule has 2 aromatic heterocycles. The zero-order chi connectivity index (χ0) is 19.8. The topological polar surface area (TPSA) is 65.7 Å². The summed E-state index contributed by atoms with van der Waals surface area (Å²) < 4.78 is 82.1. The number of halogens is 6. The third-order valence-corrected chi connectivity index (χ3v) is 3.24. The van der Waals surface area contributed by atoms with Crippen LogP contribution in [0.3, 0.4) is 0 Å². The molecule has 0 aliphatic carbocycles. The molecule has 0 amide bonds. The molecule has 0 unspecified atom stereocenters. The molecule has 2 heterocycles. The molecule has 6 nitrogen and oxygen atoms in total. The van der Waals surface area contributed by atoms with Crippen LogP contribution >= 0.6 is 0 Å². The fourth-order valence-electron chi connectivity index (χ4n) is 1.97. The summed E-state index contributed by atoms with van der Waals surface area (Å²) >= 11 is 0. The second kappa shape index (κ2) is 6.52. The van der Waals surface area contributed by atoms with Crippen molar-refractivity contribution in [2.75, 3.05) is 0 Å². The highest BCUT2D eigenvalue weighted by Crippen LogP contribution is 2.33. The van der Waals surface area contributed by atoms with Gasteiger partial charge in [0.1, 0.15) is 12.1 Å². The van der Waals surface area contributed by atoms with Gasteiger partial charge in [-0.25, -0.2) is 9.97 Å². The van der Waals surface area contributed by atoms with Crippen molar-refractivity contribution in [1.29, 1.82) is 0 Å². The van der Waals surface area contributed by atoms with E-state index < -0.39 is 23.7 Å². The molecule has 0 spiro atoms. The molecular weight excluding hydrogens is 380 g/mol. The van der Waals surface area contributed by atoms with Gasteiger partial charge in [-0.1, -0.05) is 6.07 Å². The van der Waals surface area contributed by atoms with E-state index in [1.165, 1.54) is 19.2 Å². The van der Waals surface area contributed by atoms with Crippen molar-refractivity contribution < 1.29 is 31.1 Å². The summed E-state index contributed by atoms with van der Waals surface area (Å²) in [5.41, 5.74) is -0.564. The minimum atomic E-state index is -4.74. The van der Waals surface area contributed by atoms with E-state index in [-0.39, 0.29) is 17.6 Å². The molecule has 3 rings (SSSR count). The lowest BCUT2D eigenvalue weighted by Gasteiger charge is -2.11. The largest absolute Gasteiger partial charge is 0.453 e. The van der Waals surface area contributed by atoms with Gasteiger partial charge in [0.25, 0.3) is 11.8 Å². The molecular formula is C15H9F6N5O. The van der Waals surface area contributed by atoms with Crippen LogP contribution in [0.5, 0.6) is 11.6 Å². The van der Waals surface area contributed by atoms with Crippen molar-refractivity contribution in [2.24, 2.45) is 0 Å². The number of nitrogens with zero attached hydrogens (tertiary/aromatic N) is 5. The minimum absolute atomic E-state index is 0.136. The number of hydrogen-bond donors (Lipinski definition) is 0. The molecule has 0 saturated carbocycles. The first-order valence-electron chi connectivity index (χ1n) is 7.22. The third kappa shape index (κ3) is 4.15. The van der Waals surface area contributed by atoms with Crippen LogP contribution in [-0.2, 0) is 12.4 Å². The summed E-state index contributed by atoms with van der Waals surface area (Å²) in [7, 11) is 0. The van der Waals surface area contributed by atoms with Gasteiger partial charge in [0.05, 0.1) is 5.56 Å². The predicted molar refractivity (Wildman–Crippen MR) is 78.2 cm³/mol. The Labute approximate surface area is 147 Å². The molecule has 0 atom stereocenters. The molecule has 0 saturated heterocycles. The molecule has 0 aliphatic heterocycles. The maximum Gasteiger partial charge on any atom is 0.453 e. The summed E-state index contributed by atoms with van der Waals surface area (Å²) in [6.45, 7) is 1.52. The van der Waals surface area contributed by atoms with Crippen molar-refractivity contribution in [1.82, 2.24) is 24.7 Å². The number of benzene rings is 1. The van der Waals surface area contributed by atoms with E-state index >= 15 is 0 Å². The molecule has 27 heavy (non-hydrogen) atoms. The molecule has 0 fully saturated rings. The van der Waals surface area contributed by atoms with Gasteiger partial charge in [0, 0.05) is 11.8 Å². The molecule has 142 valence electrons. The lowest BCUT2D eigenvalue weighted by molar-refractivity contribution is -0.144. The van der Waals surface area contributed by atoms with Crippen molar-refractivity contribution in [3.8, 4) is 17.6 Å². The van der Waals surface area contributed by atoms with Gasteiger partial charge in [0.2, 0.25) is 5.88 Å². The number of ether oxygens (including phenoxy) is 1. The zero-order valence-corrected chi connectivity index (χ0v) is 13.4. The van der Waals surface area contributed by atoms with Gasteiger partial charge >= 0.3 is 12.4 Å². The Morgan fingerprint density at radius 2 is 1.74 bits per heavy atom. The van der Waals surface area contributed by atoms with Crippen LogP contribution in [0.1, 0.15) is 17.0 Å². The second-order valence-corrected chi connectivity index (χ2v) is 5.30. The highest BCUT2D eigenvalue weighted by Gasteiger charge is 2.36. The highest BCUT2D eigenvalue weighted by molar-refractivity contribution is 5.35. The van der Waals surface area contributed by atoms with Gasteiger partial charge in [-0.2, -0.15) is 36.0 Å². The van der Waals surface area contributed by atoms with E-state index in [0.717, 1.165) is 24.5 Å². The lowest BCUT2D eigenvalue weighted by Crippen LogP contribution is -2.10. The summed E-state index contributed by atoms with van der Waals surface area (Å²) in [5, 5.41) is 3.23. The van der Waals surface area contributed by atoms with Gasteiger partial charge in [-0.15, -0.1) is 5.10 Å². The normalized spacial score (nSPS) is 12.3. The summed E-state index contributed by atoms with van der Waals surface area (Å²) in [4.78, 5) is 10.8. The first-order chi connectivity index (χ1) is 12.5. The fraction of sp³-hybridized carbons (Fsp3) is 0.200. The molecule has 12 heteroatoms. The van der Waals surface area contributed by atoms with Crippen LogP contribution in [0, 0.1) is 6.92 Å².